The molecular weight excluding hydrogens is 468 g/mol. The third-order valence-electron chi connectivity index (χ3n) is 5.95. The SMILES string of the molecule is CC(C)C(=O)Nc1ccc(-c2ccnc(Nc3cccc(OCCCN4CCOCC4)c3)n2)cc1C#N. The lowest BCUT2D eigenvalue weighted by Gasteiger charge is -2.26. The van der Waals surface area contributed by atoms with Gasteiger partial charge in [-0.25, -0.2) is 9.97 Å². The van der Waals surface area contributed by atoms with Crippen molar-refractivity contribution in [3.8, 4) is 23.1 Å². The summed E-state index contributed by atoms with van der Waals surface area (Å²) in [5.74, 6) is 0.889. The second-order valence-corrected chi connectivity index (χ2v) is 9.09. The number of nitrogens with zero attached hydrogens (tertiary/aromatic N) is 4. The van der Waals surface area contributed by atoms with Crippen LogP contribution in [-0.2, 0) is 9.53 Å². The van der Waals surface area contributed by atoms with Crippen molar-refractivity contribution in [2.75, 3.05) is 50.1 Å². The molecule has 2 N–H and O–H groups in total. The number of carbonyl (C=O) groups is 1. The number of hydrogen-bond acceptors (Lipinski definition) is 8. The molecule has 0 aliphatic carbocycles. The number of benzene rings is 2. The van der Waals surface area contributed by atoms with E-state index in [1.54, 1.807) is 38.2 Å². The van der Waals surface area contributed by atoms with E-state index in [1.165, 1.54) is 0 Å². The van der Waals surface area contributed by atoms with Gasteiger partial charge in [0, 0.05) is 49.1 Å². The molecule has 4 rings (SSSR count). The molecular formula is C28H32N6O3. The Morgan fingerprint density at radius 2 is 2.03 bits per heavy atom. The fourth-order valence-electron chi connectivity index (χ4n) is 3.86. The molecule has 37 heavy (non-hydrogen) atoms. The predicted molar refractivity (Wildman–Crippen MR) is 143 cm³/mol. The summed E-state index contributed by atoms with van der Waals surface area (Å²) < 4.78 is 11.3. The lowest BCUT2D eigenvalue weighted by Crippen LogP contribution is -2.37. The number of morpholine rings is 1. The minimum atomic E-state index is -0.180. The minimum Gasteiger partial charge on any atom is -0.493 e. The van der Waals surface area contributed by atoms with Gasteiger partial charge in [0.25, 0.3) is 0 Å². The first kappa shape index (κ1) is 26.1. The van der Waals surface area contributed by atoms with Crippen molar-refractivity contribution in [2.45, 2.75) is 20.3 Å². The van der Waals surface area contributed by atoms with Gasteiger partial charge in [-0.15, -0.1) is 0 Å². The Morgan fingerprint density at radius 1 is 1.19 bits per heavy atom. The van der Waals surface area contributed by atoms with Crippen LogP contribution in [0.1, 0.15) is 25.8 Å². The van der Waals surface area contributed by atoms with E-state index in [0.29, 0.717) is 29.5 Å². The molecule has 0 radical (unpaired) electrons. The lowest BCUT2D eigenvalue weighted by atomic mass is 10.1. The number of nitrogens with one attached hydrogen (secondary N) is 2. The Bertz CT molecular complexity index is 1250. The summed E-state index contributed by atoms with van der Waals surface area (Å²) in [6.45, 7) is 8.82. The maximum atomic E-state index is 12.1. The minimum absolute atomic E-state index is 0.138. The molecule has 2 heterocycles. The summed E-state index contributed by atoms with van der Waals surface area (Å²) in [5, 5.41) is 15.6. The smallest absolute Gasteiger partial charge is 0.227 e. The Labute approximate surface area is 217 Å². The molecule has 9 heteroatoms. The van der Waals surface area contributed by atoms with Crippen LogP contribution in [0.15, 0.2) is 54.7 Å². The van der Waals surface area contributed by atoms with Gasteiger partial charge < -0.3 is 20.1 Å². The van der Waals surface area contributed by atoms with E-state index in [0.717, 1.165) is 56.3 Å². The molecule has 2 aromatic carbocycles. The van der Waals surface area contributed by atoms with E-state index >= 15 is 0 Å². The quantitative estimate of drug-likeness (QED) is 0.393. The van der Waals surface area contributed by atoms with E-state index in [4.69, 9.17) is 9.47 Å². The molecule has 1 aliphatic rings. The summed E-state index contributed by atoms with van der Waals surface area (Å²) in [7, 11) is 0. The second kappa shape index (κ2) is 12.8. The summed E-state index contributed by atoms with van der Waals surface area (Å²) in [6, 6.07) is 16.9. The number of ether oxygens (including phenoxy) is 2. The number of nitriles is 1. The Kier molecular flexibility index (Phi) is 9.03. The van der Waals surface area contributed by atoms with Crippen LogP contribution in [0.2, 0.25) is 0 Å². The molecule has 0 unspecified atom stereocenters. The van der Waals surface area contributed by atoms with Crippen molar-refractivity contribution in [1.29, 1.82) is 5.26 Å². The van der Waals surface area contributed by atoms with Gasteiger partial charge >= 0.3 is 0 Å². The van der Waals surface area contributed by atoms with Crippen LogP contribution in [0.25, 0.3) is 11.3 Å². The largest absolute Gasteiger partial charge is 0.493 e. The van der Waals surface area contributed by atoms with E-state index in [2.05, 4.69) is 31.6 Å². The van der Waals surface area contributed by atoms with Gasteiger partial charge in [-0.05, 0) is 36.8 Å². The zero-order valence-corrected chi connectivity index (χ0v) is 21.2. The van der Waals surface area contributed by atoms with Crippen molar-refractivity contribution in [3.63, 3.8) is 0 Å². The van der Waals surface area contributed by atoms with Gasteiger partial charge in [0.2, 0.25) is 11.9 Å². The zero-order valence-electron chi connectivity index (χ0n) is 21.2. The van der Waals surface area contributed by atoms with Gasteiger partial charge in [0.1, 0.15) is 11.8 Å². The monoisotopic (exact) mass is 500 g/mol. The first-order valence-electron chi connectivity index (χ1n) is 12.5. The Balaban J connectivity index is 1.38. The van der Waals surface area contributed by atoms with Gasteiger partial charge in [0.05, 0.1) is 36.8 Å². The highest BCUT2D eigenvalue weighted by Gasteiger charge is 2.13. The van der Waals surface area contributed by atoms with E-state index in [9.17, 15) is 10.1 Å². The van der Waals surface area contributed by atoms with Crippen LogP contribution in [0.4, 0.5) is 17.3 Å². The standard InChI is InChI=1S/C28H32N6O3/c1-20(2)27(35)32-25-8-7-21(17-22(25)19-29)26-9-10-30-28(33-26)31-23-5-3-6-24(18-23)37-14-4-11-34-12-15-36-16-13-34/h3,5-10,17-18,20H,4,11-16H2,1-2H3,(H,32,35)(H,30,31,33). The number of carbonyl (C=O) groups excluding carboxylic acids is 1. The molecule has 0 saturated carbocycles. The predicted octanol–water partition coefficient (Wildman–Crippen LogP) is 4.45. The van der Waals surface area contributed by atoms with Crippen molar-refractivity contribution in [1.82, 2.24) is 14.9 Å². The van der Waals surface area contributed by atoms with Gasteiger partial charge in [-0.2, -0.15) is 5.26 Å². The zero-order chi connectivity index (χ0) is 26.0. The van der Waals surface area contributed by atoms with Gasteiger partial charge in [0.15, 0.2) is 0 Å². The number of aromatic nitrogens is 2. The first-order chi connectivity index (χ1) is 18.0. The average molecular weight is 501 g/mol. The van der Waals surface area contributed by atoms with Crippen molar-refractivity contribution in [2.24, 2.45) is 5.92 Å². The topological polar surface area (TPSA) is 112 Å². The summed E-state index contributed by atoms with van der Waals surface area (Å²) >= 11 is 0. The highest BCUT2D eigenvalue weighted by Crippen LogP contribution is 2.26. The van der Waals surface area contributed by atoms with Crippen LogP contribution in [0.5, 0.6) is 5.75 Å². The molecule has 1 saturated heterocycles. The van der Waals surface area contributed by atoms with Crippen molar-refractivity contribution < 1.29 is 14.3 Å². The van der Waals surface area contributed by atoms with Gasteiger partial charge in [-0.1, -0.05) is 26.0 Å². The highest BCUT2D eigenvalue weighted by molar-refractivity contribution is 5.93. The fourth-order valence-corrected chi connectivity index (χ4v) is 3.86. The lowest BCUT2D eigenvalue weighted by molar-refractivity contribution is -0.118. The van der Waals surface area contributed by atoms with Crippen LogP contribution < -0.4 is 15.4 Å². The molecule has 9 nitrogen and oxygen atoms in total. The van der Waals surface area contributed by atoms with Crippen molar-refractivity contribution in [3.05, 3.63) is 60.3 Å². The number of anilines is 3. The molecule has 0 spiro atoms. The molecule has 1 fully saturated rings. The summed E-state index contributed by atoms with van der Waals surface area (Å²) in [4.78, 5) is 23.4. The Morgan fingerprint density at radius 3 is 2.81 bits per heavy atom. The van der Waals surface area contributed by atoms with Crippen LogP contribution >= 0.6 is 0 Å². The summed E-state index contributed by atoms with van der Waals surface area (Å²) in [5.41, 5.74) is 3.08. The van der Waals surface area contributed by atoms with Crippen molar-refractivity contribution >= 4 is 23.2 Å². The number of hydrogen-bond donors (Lipinski definition) is 2. The maximum Gasteiger partial charge on any atom is 0.227 e. The fraction of sp³-hybridized carbons (Fsp3) is 0.357. The number of rotatable bonds is 10. The van der Waals surface area contributed by atoms with E-state index in [1.807, 2.05) is 30.3 Å². The highest BCUT2D eigenvalue weighted by atomic mass is 16.5. The van der Waals surface area contributed by atoms with Crippen LogP contribution in [-0.4, -0.2) is 60.2 Å². The number of amides is 1. The van der Waals surface area contributed by atoms with E-state index < -0.39 is 0 Å². The van der Waals surface area contributed by atoms with Crippen LogP contribution in [0.3, 0.4) is 0 Å². The first-order valence-corrected chi connectivity index (χ1v) is 12.5. The molecule has 192 valence electrons. The molecule has 3 aromatic rings. The normalized spacial score (nSPS) is 13.7. The van der Waals surface area contributed by atoms with Gasteiger partial charge in [-0.3, -0.25) is 9.69 Å². The molecule has 1 aromatic heterocycles. The maximum absolute atomic E-state index is 12.1. The molecule has 1 aliphatic heterocycles. The third-order valence-corrected chi connectivity index (χ3v) is 5.95. The molecule has 0 atom stereocenters. The second-order valence-electron chi connectivity index (χ2n) is 9.09. The van der Waals surface area contributed by atoms with E-state index in [-0.39, 0.29) is 11.8 Å². The average Bonchev–Trinajstić information content (AvgIpc) is 2.92. The van der Waals surface area contributed by atoms with Crippen LogP contribution in [0, 0.1) is 17.2 Å². The molecule has 0 bridgehead atoms. The molecule has 1 amide bonds. The summed E-state index contributed by atoms with van der Waals surface area (Å²) in [6.07, 6.45) is 2.62. The third kappa shape index (κ3) is 7.49. The Hall–Kier alpha value is -4.00.